The van der Waals surface area contributed by atoms with Crippen LogP contribution in [-0.4, -0.2) is 22.8 Å². The van der Waals surface area contributed by atoms with Crippen LogP contribution < -0.4 is 0 Å². The second kappa shape index (κ2) is 7.48. The number of carbonyl (C=O) groups is 1. The van der Waals surface area contributed by atoms with E-state index in [1.807, 2.05) is 13.0 Å². The summed E-state index contributed by atoms with van der Waals surface area (Å²) in [6.45, 7) is 10.1. The van der Waals surface area contributed by atoms with Crippen LogP contribution in [0, 0.1) is 5.92 Å². The van der Waals surface area contributed by atoms with Gasteiger partial charge in [-0.1, -0.05) is 29.9 Å². The quantitative estimate of drug-likeness (QED) is 0.573. The number of rotatable bonds is 1. The molecule has 0 spiro atoms. The van der Waals surface area contributed by atoms with Gasteiger partial charge in [-0.05, 0) is 71.6 Å². The highest BCUT2D eigenvalue weighted by molar-refractivity contribution is 5.89. The topological polar surface area (TPSA) is 46.5 Å². The highest BCUT2D eigenvalue weighted by Gasteiger charge is 2.38. The average molecular weight is 318 g/mol. The zero-order valence-corrected chi connectivity index (χ0v) is 14.7. The van der Waals surface area contributed by atoms with E-state index in [1.54, 1.807) is 0 Å². The van der Waals surface area contributed by atoms with Crippen molar-refractivity contribution in [1.29, 1.82) is 0 Å². The third-order valence-corrected chi connectivity index (χ3v) is 5.35. The summed E-state index contributed by atoms with van der Waals surface area (Å²) in [4.78, 5) is 12.5. The number of hydrogen-bond donors (Lipinski definition) is 1. The maximum atomic E-state index is 12.5. The van der Waals surface area contributed by atoms with Gasteiger partial charge in [0.15, 0.2) is 0 Å². The summed E-state index contributed by atoms with van der Waals surface area (Å²) in [7, 11) is 0. The SMILES string of the molecule is C=C(C)C1C/C=C(\C)CC[C@H](O)C2(C)CCC=C(CC1)C(=O)O2. The van der Waals surface area contributed by atoms with Crippen LogP contribution in [0.4, 0.5) is 0 Å². The molecule has 2 unspecified atom stereocenters. The molecule has 1 N–H and O–H groups in total. The lowest BCUT2D eigenvalue weighted by Gasteiger charge is -2.33. The van der Waals surface area contributed by atoms with Gasteiger partial charge in [-0.2, -0.15) is 0 Å². The predicted octanol–water partition coefficient (Wildman–Crippen LogP) is 4.47. The van der Waals surface area contributed by atoms with Gasteiger partial charge in [-0.25, -0.2) is 4.79 Å². The number of aliphatic hydroxyl groups is 1. The van der Waals surface area contributed by atoms with Crippen LogP contribution in [0.25, 0.3) is 0 Å². The molecule has 2 rings (SSSR count). The van der Waals surface area contributed by atoms with E-state index in [0.717, 1.165) is 43.3 Å². The molecule has 0 aromatic rings. The minimum absolute atomic E-state index is 0.256. The van der Waals surface area contributed by atoms with Crippen molar-refractivity contribution in [3.8, 4) is 0 Å². The van der Waals surface area contributed by atoms with Gasteiger partial charge in [0.25, 0.3) is 0 Å². The smallest absolute Gasteiger partial charge is 0.334 e. The fraction of sp³-hybridized carbons (Fsp3) is 0.650. The second-order valence-corrected chi connectivity index (χ2v) is 7.39. The Hall–Kier alpha value is -1.35. The molecule has 0 fully saturated rings. The van der Waals surface area contributed by atoms with Gasteiger partial charge in [0.05, 0.1) is 6.10 Å². The molecule has 3 atom stereocenters. The van der Waals surface area contributed by atoms with Crippen LogP contribution >= 0.6 is 0 Å². The van der Waals surface area contributed by atoms with Crippen LogP contribution in [0.5, 0.6) is 0 Å². The van der Waals surface area contributed by atoms with Crippen molar-refractivity contribution in [2.75, 3.05) is 0 Å². The Bertz CT molecular complexity index is 529. The van der Waals surface area contributed by atoms with E-state index in [-0.39, 0.29) is 5.97 Å². The van der Waals surface area contributed by atoms with Crippen molar-refractivity contribution in [2.45, 2.75) is 77.4 Å². The summed E-state index contributed by atoms with van der Waals surface area (Å²) in [6.07, 6.45) is 9.14. The number of hydrogen-bond acceptors (Lipinski definition) is 3. The van der Waals surface area contributed by atoms with Crippen LogP contribution in [0.3, 0.4) is 0 Å². The Balaban J connectivity index is 2.27. The Morgan fingerprint density at radius 1 is 1.35 bits per heavy atom. The van der Waals surface area contributed by atoms with Crippen molar-refractivity contribution < 1.29 is 14.6 Å². The lowest BCUT2D eigenvalue weighted by Crippen LogP contribution is -2.43. The summed E-state index contributed by atoms with van der Waals surface area (Å²) >= 11 is 0. The largest absolute Gasteiger partial charge is 0.453 e. The fourth-order valence-electron chi connectivity index (χ4n) is 3.39. The molecule has 2 aliphatic rings. The van der Waals surface area contributed by atoms with Gasteiger partial charge < -0.3 is 9.84 Å². The Labute approximate surface area is 140 Å². The van der Waals surface area contributed by atoms with Crippen molar-refractivity contribution in [3.05, 3.63) is 35.5 Å². The molecular weight excluding hydrogens is 288 g/mol. The van der Waals surface area contributed by atoms with E-state index in [2.05, 4.69) is 26.5 Å². The molecule has 2 heterocycles. The molecular formula is C20H30O3. The molecule has 2 bridgehead atoms. The number of fused-ring (bicyclic) bond motifs is 3. The Morgan fingerprint density at radius 3 is 2.78 bits per heavy atom. The van der Waals surface area contributed by atoms with Crippen molar-refractivity contribution in [3.63, 3.8) is 0 Å². The van der Waals surface area contributed by atoms with Gasteiger partial charge in [-0.3, -0.25) is 0 Å². The lowest BCUT2D eigenvalue weighted by molar-refractivity contribution is -0.166. The van der Waals surface area contributed by atoms with Crippen molar-refractivity contribution in [1.82, 2.24) is 0 Å². The van der Waals surface area contributed by atoms with Crippen LogP contribution in [0.15, 0.2) is 35.5 Å². The predicted molar refractivity (Wildman–Crippen MR) is 93.0 cm³/mol. The van der Waals surface area contributed by atoms with Crippen LogP contribution in [0.2, 0.25) is 0 Å². The van der Waals surface area contributed by atoms with E-state index in [4.69, 9.17) is 4.74 Å². The standard InChI is InChI=1S/C20H30O3/c1-14(2)16-9-7-15(3)8-12-18(21)20(4)13-5-6-17(11-10-16)19(22)23-20/h6-7,16,18,21H,1,5,8-13H2,2-4H3/b15-7+/t16?,18-,20?/m0/s1. The molecule has 0 amide bonds. The maximum absolute atomic E-state index is 12.5. The second-order valence-electron chi connectivity index (χ2n) is 7.39. The first-order chi connectivity index (χ1) is 10.8. The third-order valence-electron chi connectivity index (χ3n) is 5.35. The van der Waals surface area contributed by atoms with E-state index >= 15 is 0 Å². The van der Waals surface area contributed by atoms with Gasteiger partial charge >= 0.3 is 5.97 Å². The van der Waals surface area contributed by atoms with Gasteiger partial charge in [-0.15, -0.1) is 0 Å². The first-order valence-electron chi connectivity index (χ1n) is 8.73. The maximum Gasteiger partial charge on any atom is 0.334 e. The summed E-state index contributed by atoms with van der Waals surface area (Å²) in [5, 5.41) is 10.6. The van der Waals surface area contributed by atoms with E-state index in [9.17, 15) is 9.90 Å². The number of allylic oxidation sites excluding steroid dienone is 4. The molecule has 23 heavy (non-hydrogen) atoms. The van der Waals surface area contributed by atoms with Crippen molar-refractivity contribution >= 4 is 5.97 Å². The molecule has 0 saturated heterocycles. The fourth-order valence-corrected chi connectivity index (χ4v) is 3.39. The first-order valence-corrected chi connectivity index (χ1v) is 8.73. The normalized spacial score (nSPS) is 35.6. The first kappa shape index (κ1) is 18.0. The summed E-state index contributed by atoms with van der Waals surface area (Å²) in [5.41, 5.74) is 2.43. The molecule has 0 aromatic heterocycles. The van der Waals surface area contributed by atoms with Crippen LogP contribution in [-0.2, 0) is 9.53 Å². The number of aliphatic hydroxyl groups excluding tert-OH is 1. The highest BCUT2D eigenvalue weighted by Crippen LogP contribution is 2.33. The minimum Gasteiger partial charge on any atom is -0.453 e. The van der Waals surface area contributed by atoms with Crippen LogP contribution in [0.1, 0.15) is 65.7 Å². The van der Waals surface area contributed by atoms with Gasteiger partial charge in [0, 0.05) is 5.57 Å². The lowest BCUT2D eigenvalue weighted by atomic mass is 9.87. The number of esters is 1. The molecule has 0 saturated carbocycles. The Morgan fingerprint density at radius 2 is 2.09 bits per heavy atom. The Kier molecular flexibility index (Phi) is 5.85. The van der Waals surface area contributed by atoms with Gasteiger partial charge in [0.1, 0.15) is 5.60 Å². The van der Waals surface area contributed by atoms with E-state index in [0.29, 0.717) is 18.8 Å². The molecule has 128 valence electrons. The molecule has 0 aromatic carbocycles. The summed E-state index contributed by atoms with van der Waals surface area (Å²) in [6, 6.07) is 0. The number of carbonyl (C=O) groups excluding carboxylic acids is 1. The summed E-state index contributed by atoms with van der Waals surface area (Å²) in [5.74, 6) is 0.132. The average Bonchev–Trinajstić information content (AvgIpc) is 2.62. The van der Waals surface area contributed by atoms with Gasteiger partial charge in [0.2, 0.25) is 0 Å². The summed E-state index contributed by atoms with van der Waals surface area (Å²) < 4.78 is 5.72. The minimum atomic E-state index is -0.780. The molecule has 0 aliphatic carbocycles. The molecule has 2 aliphatic heterocycles. The molecule has 0 radical (unpaired) electrons. The van der Waals surface area contributed by atoms with E-state index < -0.39 is 11.7 Å². The highest BCUT2D eigenvalue weighted by atomic mass is 16.6. The molecule has 3 heteroatoms. The van der Waals surface area contributed by atoms with E-state index in [1.165, 1.54) is 5.57 Å². The monoisotopic (exact) mass is 318 g/mol. The third kappa shape index (κ3) is 4.57. The van der Waals surface area contributed by atoms with Crippen molar-refractivity contribution in [2.24, 2.45) is 5.92 Å². The molecule has 3 nitrogen and oxygen atoms in total. The zero-order valence-electron chi connectivity index (χ0n) is 14.7. The zero-order chi connectivity index (χ0) is 17.0. The number of ether oxygens (including phenoxy) is 1.